The van der Waals surface area contributed by atoms with Crippen molar-refractivity contribution in [3.8, 4) is 23.8 Å². The van der Waals surface area contributed by atoms with Gasteiger partial charge in [-0.1, -0.05) is 23.3 Å². The zero-order chi connectivity index (χ0) is 23.0. The molecule has 33 heavy (non-hydrogen) atoms. The molecular weight excluding hydrogens is 482 g/mol. The number of carbonyl (C=O) groups excluding carboxylic acids is 1. The highest BCUT2D eigenvalue weighted by Crippen LogP contribution is 2.35. The molecule has 1 atom stereocenters. The zero-order valence-corrected chi connectivity index (χ0v) is 20.0. The van der Waals surface area contributed by atoms with Crippen molar-refractivity contribution in [3.63, 3.8) is 0 Å². The van der Waals surface area contributed by atoms with E-state index in [9.17, 15) is 13.2 Å². The predicted molar refractivity (Wildman–Crippen MR) is 126 cm³/mol. The molecule has 1 fully saturated rings. The van der Waals surface area contributed by atoms with Crippen LogP contribution in [-0.2, 0) is 21.4 Å². The largest absolute Gasteiger partial charge is 0.486 e. The number of fused-ring (bicyclic) bond motifs is 2. The van der Waals surface area contributed by atoms with Gasteiger partial charge in [0, 0.05) is 25.2 Å². The molecule has 1 amide bonds. The fourth-order valence-corrected chi connectivity index (χ4v) is 7.73. The van der Waals surface area contributed by atoms with Gasteiger partial charge >= 0.3 is 0 Å². The summed E-state index contributed by atoms with van der Waals surface area (Å²) >= 11 is 2.52. The molecule has 0 saturated carbocycles. The van der Waals surface area contributed by atoms with Crippen LogP contribution in [0.15, 0.2) is 38.8 Å². The third kappa shape index (κ3) is 4.19. The van der Waals surface area contributed by atoms with Gasteiger partial charge in [-0.3, -0.25) is 4.79 Å². The van der Waals surface area contributed by atoms with Crippen LogP contribution in [0.5, 0.6) is 11.5 Å². The third-order valence-corrected chi connectivity index (χ3v) is 9.90. The summed E-state index contributed by atoms with van der Waals surface area (Å²) in [6, 6.07) is 7.03. The van der Waals surface area contributed by atoms with Gasteiger partial charge < -0.3 is 14.0 Å². The molecule has 0 bridgehead atoms. The number of hydrogen-bond donors (Lipinski definition) is 0. The normalized spacial score (nSPS) is 19.5. The van der Waals surface area contributed by atoms with Gasteiger partial charge in [0.15, 0.2) is 16.3 Å². The molecule has 2 aliphatic rings. The van der Waals surface area contributed by atoms with E-state index in [4.69, 9.17) is 15.9 Å². The van der Waals surface area contributed by atoms with Crippen LogP contribution in [0.3, 0.4) is 0 Å². The number of amides is 1. The van der Waals surface area contributed by atoms with Crippen molar-refractivity contribution in [3.05, 3.63) is 34.4 Å². The number of benzene rings is 1. The molecule has 11 heteroatoms. The van der Waals surface area contributed by atoms with Crippen molar-refractivity contribution in [1.82, 2.24) is 8.87 Å². The molecule has 2 aliphatic heterocycles. The van der Waals surface area contributed by atoms with Crippen LogP contribution in [0.25, 0.3) is 10.2 Å². The molecule has 3 aromatic rings. The second-order valence-corrected chi connectivity index (χ2v) is 11.8. The lowest BCUT2D eigenvalue weighted by Crippen LogP contribution is -2.42. The molecule has 1 saturated heterocycles. The lowest BCUT2D eigenvalue weighted by atomic mass is 9.99. The number of hydrogen-bond acceptors (Lipinski definition) is 7. The fraction of sp³-hybridized carbons (Fsp3) is 0.364. The number of nitrogens with zero attached hydrogens (tertiary/aromatic N) is 3. The Balaban J connectivity index is 1.47. The van der Waals surface area contributed by atoms with E-state index in [1.165, 1.54) is 27.0 Å². The number of carbonyl (C=O) groups is 1. The highest BCUT2D eigenvalue weighted by atomic mass is 32.2. The van der Waals surface area contributed by atoms with Crippen LogP contribution in [-0.4, -0.2) is 49.5 Å². The van der Waals surface area contributed by atoms with Crippen LogP contribution in [0.4, 0.5) is 0 Å². The number of piperidine rings is 1. The summed E-state index contributed by atoms with van der Waals surface area (Å²) in [5.74, 6) is 3.07. The Hall–Kier alpha value is -2.65. The Morgan fingerprint density at radius 2 is 2.06 bits per heavy atom. The first-order chi connectivity index (χ1) is 16.0. The number of aromatic nitrogens is 1. The molecule has 0 radical (unpaired) electrons. The van der Waals surface area contributed by atoms with Gasteiger partial charge in [0.05, 0.1) is 22.7 Å². The first-order valence-electron chi connectivity index (χ1n) is 10.5. The first kappa shape index (κ1) is 22.2. The highest BCUT2D eigenvalue weighted by molar-refractivity contribution is 7.91. The summed E-state index contributed by atoms with van der Waals surface area (Å²) in [6.07, 6.45) is 6.78. The topological polar surface area (TPSA) is 90.2 Å². The molecule has 0 aliphatic carbocycles. The van der Waals surface area contributed by atoms with E-state index in [0.29, 0.717) is 48.9 Å². The number of thiazole rings is 1. The molecular formula is C22H21N3O5S3. The summed E-state index contributed by atoms with van der Waals surface area (Å²) in [7, 11) is -3.60. The average Bonchev–Trinajstić information content (AvgIpc) is 3.47. The van der Waals surface area contributed by atoms with Gasteiger partial charge in [-0.05, 0) is 24.3 Å². The number of terminal acetylenes is 1. The standard InChI is InChI=1S/C22H21N3O5S3/c1-2-7-25-16-12-17-18(30-10-9-29-17)13-19(16)32-22(25)23-21(26)15-5-3-8-24(14-15)33(27,28)20-6-4-11-31-20/h1,4,6,11-13,15H,3,5,7-10,14H2. The van der Waals surface area contributed by atoms with Crippen LogP contribution in [0.2, 0.25) is 0 Å². The minimum atomic E-state index is -3.60. The van der Waals surface area contributed by atoms with E-state index < -0.39 is 15.9 Å². The van der Waals surface area contributed by atoms with Gasteiger partial charge in [-0.2, -0.15) is 9.30 Å². The maximum Gasteiger partial charge on any atom is 0.252 e. The predicted octanol–water partition coefficient (Wildman–Crippen LogP) is 2.70. The zero-order valence-electron chi connectivity index (χ0n) is 17.6. The molecule has 0 N–H and O–H groups in total. The second kappa shape index (κ2) is 8.95. The van der Waals surface area contributed by atoms with Crippen molar-refractivity contribution >= 4 is 48.8 Å². The fourth-order valence-electron chi connectivity index (χ4n) is 4.02. The van der Waals surface area contributed by atoms with E-state index in [2.05, 4.69) is 10.9 Å². The Kier molecular flexibility index (Phi) is 6.01. The smallest absolute Gasteiger partial charge is 0.252 e. The highest BCUT2D eigenvalue weighted by Gasteiger charge is 2.34. The lowest BCUT2D eigenvalue weighted by molar-refractivity contribution is -0.122. The Labute approximate surface area is 199 Å². The molecule has 2 aromatic heterocycles. The van der Waals surface area contributed by atoms with E-state index in [-0.39, 0.29) is 23.2 Å². The summed E-state index contributed by atoms with van der Waals surface area (Å²) in [5, 5.41) is 1.73. The van der Waals surface area contributed by atoms with Crippen LogP contribution < -0.4 is 14.3 Å². The monoisotopic (exact) mass is 503 g/mol. The Morgan fingerprint density at radius 1 is 1.27 bits per heavy atom. The Bertz CT molecular complexity index is 1410. The number of thiophene rings is 1. The molecule has 1 aromatic carbocycles. The summed E-state index contributed by atoms with van der Waals surface area (Å²) in [6.45, 7) is 1.72. The van der Waals surface area contributed by atoms with Gasteiger partial charge in [0.2, 0.25) is 0 Å². The number of ether oxygens (including phenoxy) is 2. The molecule has 0 spiro atoms. The molecule has 1 unspecified atom stereocenters. The molecule has 172 valence electrons. The first-order valence-corrected chi connectivity index (χ1v) is 13.6. The van der Waals surface area contributed by atoms with Crippen molar-refractivity contribution in [2.24, 2.45) is 10.9 Å². The molecule has 4 heterocycles. The van der Waals surface area contributed by atoms with Gasteiger partial charge in [-0.15, -0.1) is 17.8 Å². The second-order valence-electron chi connectivity index (χ2n) is 7.72. The van der Waals surface area contributed by atoms with Gasteiger partial charge in [0.25, 0.3) is 15.9 Å². The van der Waals surface area contributed by atoms with Crippen LogP contribution in [0.1, 0.15) is 12.8 Å². The van der Waals surface area contributed by atoms with Crippen molar-refractivity contribution in [2.75, 3.05) is 26.3 Å². The number of rotatable bonds is 4. The summed E-state index contributed by atoms with van der Waals surface area (Å²) < 4.78 is 41.5. The van der Waals surface area contributed by atoms with Crippen LogP contribution >= 0.6 is 22.7 Å². The average molecular weight is 504 g/mol. The SMILES string of the molecule is C#CCn1c(=NC(=O)C2CCCN(S(=O)(=O)c3cccs3)C2)sc2cc3c(cc21)OCCO3. The van der Waals surface area contributed by atoms with E-state index in [1.54, 1.807) is 22.1 Å². The summed E-state index contributed by atoms with van der Waals surface area (Å²) in [5.41, 5.74) is 0.819. The van der Waals surface area contributed by atoms with E-state index in [1.807, 2.05) is 12.1 Å². The van der Waals surface area contributed by atoms with Crippen molar-refractivity contribution in [2.45, 2.75) is 23.6 Å². The third-order valence-electron chi connectivity index (χ3n) is 5.62. The minimum absolute atomic E-state index is 0.124. The van der Waals surface area contributed by atoms with Gasteiger partial charge in [-0.25, -0.2) is 8.42 Å². The molecule has 5 rings (SSSR count). The van der Waals surface area contributed by atoms with Crippen molar-refractivity contribution < 1.29 is 22.7 Å². The minimum Gasteiger partial charge on any atom is -0.486 e. The van der Waals surface area contributed by atoms with E-state index >= 15 is 0 Å². The van der Waals surface area contributed by atoms with E-state index in [0.717, 1.165) is 10.2 Å². The summed E-state index contributed by atoms with van der Waals surface area (Å²) in [4.78, 5) is 18.0. The molecule has 8 nitrogen and oxygen atoms in total. The van der Waals surface area contributed by atoms with Crippen LogP contribution in [0, 0.1) is 18.3 Å². The number of sulfonamides is 1. The lowest BCUT2D eigenvalue weighted by Gasteiger charge is -2.29. The maximum absolute atomic E-state index is 13.1. The Morgan fingerprint density at radius 3 is 2.79 bits per heavy atom. The maximum atomic E-state index is 13.1. The quantitative estimate of drug-likeness (QED) is 0.511. The van der Waals surface area contributed by atoms with Gasteiger partial charge in [0.1, 0.15) is 17.4 Å². The van der Waals surface area contributed by atoms with Crippen molar-refractivity contribution in [1.29, 1.82) is 0 Å².